The van der Waals surface area contributed by atoms with E-state index >= 15 is 0 Å². The van der Waals surface area contributed by atoms with Crippen LogP contribution in [0.15, 0.2) is 70.1 Å². The van der Waals surface area contributed by atoms with Gasteiger partial charge in [-0.2, -0.15) is 5.10 Å². The van der Waals surface area contributed by atoms with Crippen LogP contribution in [0.3, 0.4) is 0 Å². The Morgan fingerprint density at radius 2 is 1.91 bits per heavy atom. The minimum atomic E-state index is -0.218. The van der Waals surface area contributed by atoms with Gasteiger partial charge >= 0.3 is 0 Å². The van der Waals surface area contributed by atoms with Crippen LogP contribution < -0.4 is 15.0 Å². The van der Waals surface area contributed by atoms with Crippen LogP contribution in [0.4, 0.5) is 0 Å². The van der Waals surface area contributed by atoms with Gasteiger partial charge in [-0.1, -0.05) is 36.0 Å². The van der Waals surface area contributed by atoms with Crippen LogP contribution in [0, 0.1) is 0 Å². The van der Waals surface area contributed by atoms with Crippen molar-refractivity contribution in [2.75, 3.05) is 14.2 Å². The van der Waals surface area contributed by atoms with E-state index in [4.69, 9.17) is 14.5 Å². The summed E-state index contributed by atoms with van der Waals surface area (Å²) < 4.78 is 12.6. The number of rotatable bonds is 7. The number of para-hydroxylation sites is 2. The second kappa shape index (κ2) is 9.08. The van der Waals surface area contributed by atoms with Crippen LogP contribution in [0.25, 0.3) is 27.3 Å². The molecule has 1 N–H and O–H groups in total. The van der Waals surface area contributed by atoms with Gasteiger partial charge in [-0.3, -0.25) is 4.79 Å². The van der Waals surface area contributed by atoms with E-state index in [1.165, 1.54) is 29.3 Å². The molecule has 0 spiro atoms. The Labute approximate surface area is 197 Å². The molecular weight excluding hydrogens is 458 g/mol. The highest BCUT2D eigenvalue weighted by atomic mass is 32.2. The highest BCUT2D eigenvalue weighted by Crippen LogP contribution is 2.39. The van der Waals surface area contributed by atoms with Crippen LogP contribution in [0.5, 0.6) is 11.5 Å². The third-order valence-electron chi connectivity index (χ3n) is 4.96. The lowest BCUT2D eigenvalue weighted by molar-refractivity contribution is 0.356. The number of hydrogen-bond donors (Lipinski definition) is 1. The number of nitrogens with zero attached hydrogens (tertiary/aromatic N) is 4. The van der Waals surface area contributed by atoms with Crippen molar-refractivity contribution in [3.8, 4) is 27.8 Å². The normalized spacial score (nSPS) is 11.1. The molecule has 33 heavy (non-hydrogen) atoms. The molecule has 0 aliphatic carbocycles. The van der Waals surface area contributed by atoms with Crippen LogP contribution in [-0.2, 0) is 5.75 Å². The van der Waals surface area contributed by atoms with Gasteiger partial charge in [-0.05, 0) is 24.3 Å². The maximum atomic E-state index is 12.6. The average Bonchev–Trinajstić information content (AvgIpc) is 3.50. The largest absolute Gasteiger partial charge is 0.493 e. The molecule has 0 saturated heterocycles. The third-order valence-corrected chi connectivity index (χ3v) is 6.79. The zero-order valence-electron chi connectivity index (χ0n) is 17.8. The van der Waals surface area contributed by atoms with Crippen molar-refractivity contribution in [2.24, 2.45) is 0 Å². The minimum absolute atomic E-state index is 0.218. The maximum absolute atomic E-state index is 12.6. The standard InChI is InChI=1S/C23H19N5O3S2/c1-30-18-10-6-9-16(19(18)31-2)22-25-14(12-32-22)13-33-23-26-20-17(21(29)27-23)11-24-28(20)15-7-4-3-5-8-15/h3-12H,13H2,1-2H3,(H,26,27,29). The molecule has 10 heteroatoms. The second-order valence-corrected chi connectivity index (χ2v) is 8.80. The molecule has 0 unspecified atom stereocenters. The smallest absolute Gasteiger partial charge is 0.262 e. The van der Waals surface area contributed by atoms with Crippen molar-refractivity contribution < 1.29 is 9.47 Å². The van der Waals surface area contributed by atoms with Crippen LogP contribution in [-0.4, -0.2) is 39.0 Å². The number of hydrogen-bond acceptors (Lipinski definition) is 8. The summed E-state index contributed by atoms with van der Waals surface area (Å²) in [7, 11) is 3.23. The zero-order valence-corrected chi connectivity index (χ0v) is 19.4. The fraction of sp³-hybridized carbons (Fsp3) is 0.130. The summed E-state index contributed by atoms with van der Waals surface area (Å²) in [6.45, 7) is 0. The Morgan fingerprint density at radius 1 is 1.06 bits per heavy atom. The van der Waals surface area contributed by atoms with E-state index in [-0.39, 0.29) is 5.56 Å². The first-order valence-corrected chi connectivity index (χ1v) is 11.9. The first-order valence-electron chi connectivity index (χ1n) is 10.00. The van der Waals surface area contributed by atoms with E-state index in [1.807, 2.05) is 53.9 Å². The molecule has 2 aromatic carbocycles. The number of aromatic amines is 1. The number of benzene rings is 2. The van der Waals surface area contributed by atoms with Crippen molar-refractivity contribution in [1.29, 1.82) is 0 Å². The lowest BCUT2D eigenvalue weighted by Crippen LogP contribution is -2.09. The van der Waals surface area contributed by atoms with Gasteiger partial charge in [0.15, 0.2) is 22.3 Å². The molecule has 0 fully saturated rings. The van der Waals surface area contributed by atoms with Gasteiger partial charge in [-0.15, -0.1) is 11.3 Å². The molecule has 5 aromatic rings. The Balaban J connectivity index is 1.40. The average molecular weight is 478 g/mol. The summed E-state index contributed by atoms with van der Waals surface area (Å²) >= 11 is 2.94. The molecule has 3 aromatic heterocycles. The molecule has 5 rings (SSSR count). The monoisotopic (exact) mass is 477 g/mol. The van der Waals surface area contributed by atoms with Crippen molar-refractivity contribution in [3.63, 3.8) is 0 Å². The first kappa shape index (κ1) is 21.2. The van der Waals surface area contributed by atoms with Crippen molar-refractivity contribution in [2.45, 2.75) is 10.9 Å². The molecule has 0 aliphatic heterocycles. The number of H-pyrrole nitrogens is 1. The van der Waals surface area contributed by atoms with Crippen LogP contribution in [0.2, 0.25) is 0 Å². The number of aromatic nitrogens is 5. The maximum Gasteiger partial charge on any atom is 0.262 e. The molecule has 0 saturated carbocycles. The van der Waals surface area contributed by atoms with Crippen LogP contribution >= 0.6 is 23.1 Å². The quantitative estimate of drug-likeness (QED) is 0.272. The Hall–Kier alpha value is -3.63. The topological polar surface area (TPSA) is 94.9 Å². The number of methoxy groups -OCH3 is 2. The van der Waals surface area contributed by atoms with Gasteiger partial charge in [0.2, 0.25) is 0 Å². The van der Waals surface area contributed by atoms with E-state index in [0.29, 0.717) is 33.4 Å². The number of nitrogens with one attached hydrogen (secondary N) is 1. The summed E-state index contributed by atoms with van der Waals surface area (Å²) in [6, 6.07) is 15.3. The summed E-state index contributed by atoms with van der Waals surface area (Å²) in [5, 5.41) is 8.13. The first-order chi connectivity index (χ1) is 16.2. The molecule has 0 radical (unpaired) electrons. The molecule has 0 bridgehead atoms. The van der Waals surface area contributed by atoms with Gasteiger partial charge in [-0.25, -0.2) is 14.6 Å². The summed E-state index contributed by atoms with van der Waals surface area (Å²) in [4.78, 5) is 24.8. The lowest BCUT2D eigenvalue weighted by atomic mass is 10.2. The minimum Gasteiger partial charge on any atom is -0.493 e. The van der Waals surface area contributed by atoms with E-state index in [1.54, 1.807) is 18.9 Å². The molecular formula is C23H19N5O3S2. The van der Waals surface area contributed by atoms with Gasteiger partial charge in [0.1, 0.15) is 10.4 Å². The predicted molar refractivity (Wildman–Crippen MR) is 130 cm³/mol. The fourth-order valence-corrected chi connectivity index (χ4v) is 5.11. The Morgan fingerprint density at radius 3 is 2.70 bits per heavy atom. The highest BCUT2D eigenvalue weighted by molar-refractivity contribution is 7.98. The van der Waals surface area contributed by atoms with E-state index in [2.05, 4.69) is 15.1 Å². The lowest BCUT2D eigenvalue weighted by Gasteiger charge is -2.10. The third kappa shape index (κ3) is 4.10. The summed E-state index contributed by atoms with van der Waals surface area (Å²) in [5.74, 6) is 1.86. The van der Waals surface area contributed by atoms with Gasteiger partial charge in [0.25, 0.3) is 5.56 Å². The van der Waals surface area contributed by atoms with E-state index < -0.39 is 0 Å². The SMILES string of the molecule is COc1cccc(-c2nc(CSc3nc4c(cnn4-c4ccccc4)c(=O)[nH]3)cs2)c1OC. The second-order valence-electron chi connectivity index (χ2n) is 6.97. The van der Waals surface area contributed by atoms with E-state index in [0.717, 1.165) is 22.0 Å². The Kier molecular flexibility index (Phi) is 5.84. The van der Waals surface area contributed by atoms with Crippen molar-refractivity contribution >= 4 is 34.1 Å². The molecule has 0 aliphatic rings. The van der Waals surface area contributed by atoms with Gasteiger partial charge < -0.3 is 14.5 Å². The van der Waals surface area contributed by atoms with Crippen molar-refractivity contribution in [3.05, 3.63) is 76.2 Å². The zero-order chi connectivity index (χ0) is 22.8. The highest BCUT2D eigenvalue weighted by Gasteiger charge is 2.16. The Bertz CT molecular complexity index is 1480. The number of fused-ring (bicyclic) bond motifs is 1. The molecule has 0 atom stereocenters. The van der Waals surface area contributed by atoms with E-state index in [9.17, 15) is 4.79 Å². The number of thioether (sulfide) groups is 1. The molecule has 0 amide bonds. The summed E-state index contributed by atoms with van der Waals surface area (Å²) in [6.07, 6.45) is 1.54. The predicted octanol–water partition coefficient (Wildman–Crippen LogP) is 4.54. The van der Waals surface area contributed by atoms with Gasteiger partial charge in [0.05, 0.1) is 37.4 Å². The fourth-order valence-electron chi connectivity index (χ4n) is 3.42. The molecule has 8 nitrogen and oxygen atoms in total. The molecule has 166 valence electrons. The van der Waals surface area contributed by atoms with Gasteiger partial charge in [0, 0.05) is 11.1 Å². The molecule has 3 heterocycles. The number of ether oxygens (including phenoxy) is 2. The number of thiazole rings is 1. The summed E-state index contributed by atoms with van der Waals surface area (Å²) in [5.41, 5.74) is 2.90. The van der Waals surface area contributed by atoms with Crippen LogP contribution in [0.1, 0.15) is 5.69 Å². The van der Waals surface area contributed by atoms with Crippen molar-refractivity contribution in [1.82, 2.24) is 24.7 Å².